The predicted octanol–water partition coefficient (Wildman–Crippen LogP) is 2.25. The molecule has 98 valence electrons. The van der Waals surface area contributed by atoms with Crippen LogP contribution >= 0.6 is 0 Å². The molecular weight excluding hydrogens is 230 g/mol. The predicted molar refractivity (Wildman–Crippen MR) is 69.4 cm³/mol. The quantitative estimate of drug-likeness (QED) is 0.862. The van der Waals surface area contributed by atoms with E-state index in [-0.39, 0.29) is 5.56 Å². The Bertz CT molecular complexity index is 423. The summed E-state index contributed by atoms with van der Waals surface area (Å²) >= 11 is 0. The SMILES string of the molecule is COc1ccc(C2CCCNCC2)cc1C(=O)O. The Balaban J connectivity index is 2.27. The maximum absolute atomic E-state index is 11.2. The lowest BCUT2D eigenvalue weighted by atomic mass is 9.91. The second-order valence-corrected chi connectivity index (χ2v) is 4.64. The molecule has 4 heteroatoms. The van der Waals surface area contributed by atoms with Crippen molar-refractivity contribution in [1.82, 2.24) is 5.32 Å². The fraction of sp³-hybridized carbons (Fsp3) is 0.500. The Morgan fingerprint density at radius 2 is 2.22 bits per heavy atom. The van der Waals surface area contributed by atoms with Gasteiger partial charge in [-0.05, 0) is 56.0 Å². The highest BCUT2D eigenvalue weighted by molar-refractivity contribution is 5.91. The second kappa shape index (κ2) is 5.87. The van der Waals surface area contributed by atoms with Crippen LogP contribution in [0.25, 0.3) is 0 Å². The van der Waals surface area contributed by atoms with E-state index in [0.29, 0.717) is 11.7 Å². The monoisotopic (exact) mass is 249 g/mol. The molecule has 4 nitrogen and oxygen atoms in total. The minimum Gasteiger partial charge on any atom is -0.496 e. The van der Waals surface area contributed by atoms with Gasteiger partial charge in [0.05, 0.1) is 7.11 Å². The molecule has 2 N–H and O–H groups in total. The average Bonchev–Trinajstić information content (AvgIpc) is 2.66. The average molecular weight is 249 g/mol. The van der Waals surface area contributed by atoms with Gasteiger partial charge in [-0.1, -0.05) is 6.07 Å². The number of rotatable bonds is 3. The van der Waals surface area contributed by atoms with Crippen LogP contribution in [0.1, 0.15) is 41.1 Å². The molecule has 18 heavy (non-hydrogen) atoms. The lowest BCUT2D eigenvalue weighted by molar-refractivity contribution is 0.0693. The molecule has 1 aromatic rings. The van der Waals surface area contributed by atoms with E-state index in [1.807, 2.05) is 6.07 Å². The van der Waals surface area contributed by atoms with Crippen molar-refractivity contribution >= 4 is 5.97 Å². The van der Waals surface area contributed by atoms with Gasteiger partial charge in [-0.3, -0.25) is 0 Å². The fourth-order valence-electron chi connectivity index (χ4n) is 2.50. The van der Waals surface area contributed by atoms with Crippen LogP contribution in [0.3, 0.4) is 0 Å². The fourth-order valence-corrected chi connectivity index (χ4v) is 2.50. The molecule has 0 aromatic heterocycles. The number of carboxylic acids is 1. The van der Waals surface area contributed by atoms with Crippen molar-refractivity contribution < 1.29 is 14.6 Å². The zero-order valence-corrected chi connectivity index (χ0v) is 10.6. The van der Waals surface area contributed by atoms with Crippen LogP contribution in [-0.4, -0.2) is 31.3 Å². The van der Waals surface area contributed by atoms with E-state index in [2.05, 4.69) is 5.32 Å². The van der Waals surface area contributed by atoms with Crippen LogP contribution in [-0.2, 0) is 0 Å². The van der Waals surface area contributed by atoms with Gasteiger partial charge in [0.25, 0.3) is 0 Å². The molecule has 1 atom stereocenters. The van der Waals surface area contributed by atoms with Crippen LogP contribution < -0.4 is 10.1 Å². The molecule has 0 amide bonds. The molecule has 0 radical (unpaired) electrons. The summed E-state index contributed by atoms with van der Waals surface area (Å²) in [5.74, 6) is -0.0533. The summed E-state index contributed by atoms with van der Waals surface area (Å²) in [6, 6.07) is 5.51. The first-order chi connectivity index (χ1) is 8.72. The van der Waals surface area contributed by atoms with Gasteiger partial charge in [-0.15, -0.1) is 0 Å². The van der Waals surface area contributed by atoms with Crippen LogP contribution in [0, 0.1) is 0 Å². The van der Waals surface area contributed by atoms with Crippen LogP contribution in [0.15, 0.2) is 18.2 Å². The molecule has 1 aromatic carbocycles. The van der Waals surface area contributed by atoms with E-state index in [0.717, 1.165) is 37.9 Å². The molecular formula is C14H19NO3. The molecule has 0 aliphatic carbocycles. The summed E-state index contributed by atoms with van der Waals surface area (Å²) in [5, 5.41) is 12.5. The summed E-state index contributed by atoms with van der Waals surface area (Å²) in [6.45, 7) is 2.05. The minimum atomic E-state index is -0.930. The van der Waals surface area contributed by atoms with Crippen molar-refractivity contribution in [2.24, 2.45) is 0 Å². The van der Waals surface area contributed by atoms with Crippen molar-refractivity contribution in [3.8, 4) is 5.75 Å². The number of hydrogen-bond donors (Lipinski definition) is 2. The highest BCUT2D eigenvalue weighted by atomic mass is 16.5. The highest BCUT2D eigenvalue weighted by Gasteiger charge is 2.18. The number of carbonyl (C=O) groups is 1. The number of nitrogens with one attached hydrogen (secondary N) is 1. The first-order valence-electron chi connectivity index (χ1n) is 6.34. The Hall–Kier alpha value is -1.55. The molecule has 1 aliphatic heterocycles. The topological polar surface area (TPSA) is 58.6 Å². The van der Waals surface area contributed by atoms with Crippen molar-refractivity contribution in [1.29, 1.82) is 0 Å². The Morgan fingerprint density at radius 3 is 2.94 bits per heavy atom. The highest BCUT2D eigenvalue weighted by Crippen LogP contribution is 2.30. The van der Waals surface area contributed by atoms with Gasteiger partial charge in [0.2, 0.25) is 0 Å². The standard InChI is InChI=1S/C14H19NO3/c1-18-13-5-4-11(9-12(13)14(16)17)10-3-2-7-15-8-6-10/h4-5,9-10,15H,2-3,6-8H2,1H3,(H,16,17). The zero-order chi connectivity index (χ0) is 13.0. The summed E-state index contributed by atoms with van der Waals surface area (Å²) in [5.41, 5.74) is 1.36. The first-order valence-corrected chi connectivity index (χ1v) is 6.34. The number of hydrogen-bond acceptors (Lipinski definition) is 3. The summed E-state index contributed by atoms with van der Waals surface area (Å²) in [4.78, 5) is 11.2. The van der Waals surface area contributed by atoms with E-state index in [1.165, 1.54) is 7.11 Å². The van der Waals surface area contributed by atoms with Crippen molar-refractivity contribution in [2.75, 3.05) is 20.2 Å². The number of aromatic carboxylic acids is 1. The van der Waals surface area contributed by atoms with Crippen LogP contribution in [0.4, 0.5) is 0 Å². The summed E-state index contributed by atoms with van der Waals surface area (Å²) in [6.07, 6.45) is 3.31. The Labute approximate surface area is 107 Å². The molecule has 1 saturated heterocycles. The van der Waals surface area contributed by atoms with Crippen molar-refractivity contribution in [3.63, 3.8) is 0 Å². The van der Waals surface area contributed by atoms with Crippen molar-refractivity contribution in [3.05, 3.63) is 29.3 Å². The van der Waals surface area contributed by atoms with Crippen LogP contribution in [0.2, 0.25) is 0 Å². The minimum absolute atomic E-state index is 0.257. The molecule has 1 aliphatic rings. The summed E-state index contributed by atoms with van der Waals surface area (Å²) in [7, 11) is 1.50. The number of benzene rings is 1. The van der Waals surface area contributed by atoms with Gasteiger partial charge >= 0.3 is 5.97 Å². The number of ether oxygens (including phenoxy) is 1. The molecule has 0 saturated carbocycles. The molecule has 0 bridgehead atoms. The Morgan fingerprint density at radius 1 is 1.39 bits per heavy atom. The normalized spacial score (nSPS) is 20.2. The van der Waals surface area contributed by atoms with Gasteiger partial charge in [0.15, 0.2) is 0 Å². The molecule has 0 spiro atoms. The van der Waals surface area contributed by atoms with E-state index in [4.69, 9.17) is 4.74 Å². The maximum Gasteiger partial charge on any atom is 0.339 e. The lowest BCUT2D eigenvalue weighted by Crippen LogP contribution is -2.13. The van der Waals surface area contributed by atoms with Crippen molar-refractivity contribution in [2.45, 2.75) is 25.2 Å². The van der Waals surface area contributed by atoms with Gasteiger partial charge in [-0.2, -0.15) is 0 Å². The first kappa shape index (κ1) is 12.9. The maximum atomic E-state index is 11.2. The zero-order valence-electron chi connectivity index (χ0n) is 10.6. The third kappa shape index (κ3) is 2.82. The third-order valence-electron chi connectivity index (χ3n) is 3.50. The third-order valence-corrected chi connectivity index (χ3v) is 3.50. The van der Waals surface area contributed by atoms with E-state index in [1.54, 1.807) is 12.1 Å². The molecule has 2 rings (SSSR count). The molecule has 1 fully saturated rings. The Kier molecular flexibility index (Phi) is 4.20. The van der Waals surface area contributed by atoms with Gasteiger partial charge in [-0.25, -0.2) is 4.79 Å². The largest absolute Gasteiger partial charge is 0.496 e. The van der Waals surface area contributed by atoms with E-state index < -0.39 is 5.97 Å². The lowest BCUT2D eigenvalue weighted by Gasteiger charge is -2.16. The second-order valence-electron chi connectivity index (χ2n) is 4.64. The van der Waals surface area contributed by atoms with Crippen LogP contribution in [0.5, 0.6) is 5.75 Å². The van der Waals surface area contributed by atoms with Gasteiger partial charge < -0.3 is 15.2 Å². The van der Waals surface area contributed by atoms with E-state index >= 15 is 0 Å². The number of methoxy groups -OCH3 is 1. The molecule has 1 heterocycles. The molecule has 1 unspecified atom stereocenters. The smallest absolute Gasteiger partial charge is 0.339 e. The number of carboxylic acid groups (broad SMARTS) is 1. The van der Waals surface area contributed by atoms with E-state index in [9.17, 15) is 9.90 Å². The van der Waals surface area contributed by atoms with Gasteiger partial charge in [0.1, 0.15) is 11.3 Å². The van der Waals surface area contributed by atoms with Gasteiger partial charge in [0, 0.05) is 0 Å². The summed E-state index contributed by atoms with van der Waals surface area (Å²) < 4.78 is 5.08.